The fourth-order valence-corrected chi connectivity index (χ4v) is 2.82. The lowest BCUT2D eigenvalue weighted by atomic mass is 10.1. The van der Waals surface area contributed by atoms with E-state index in [0.29, 0.717) is 10.6 Å². The molecule has 3 nitrogen and oxygen atoms in total. The number of hydrogen-bond donors (Lipinski definition) is 0. The zero-order valence-electron chi connectivity index (χ0n) is 15.6. The van der Waals surface area contributed by atoms with E-state index in [1.54, 1.807) is 0 Å². The third-order valence-electron chi connectivity index (χ3n) is 3.93. The first kappa shape index (κ1) is 23.8. The van der Waals surface area contributed by atoms with Crippen LogP contribution < -0.4 is 9.47 Å². The Morgan fingerprint density at radius 1 is 1.04 bits per heavy atom. The Bertz CT molecular complexity index is 520. The first-order chi connectivity index (χ1) is 12.9. The molecular formula is C20H28BrF3O3. The second kappa shape index (κ2) is 13.0. The summed E-state index contributed by atoms with van der Waals surface area (Å²) >= 11 is 3.36. The molecule has 0 aliphatic heterocycles. The summed E-state index contributed by atoms with van der Waals surface area (Å²) in [6.07, 6.45) is 7.22. The van der Waals surface area contributed by atoms with E-state index in [-0.39, 0.29) is 11.9 Å². The van der Waals surface area contributed by atoms with E-state index >= 15 is 0 Å². The average Bonchev–Trinajstić information content (AvgIpc) is 3.30. The van der Waals surface area contributed by atoms with Crippen molar-refractivity contribution in [3.8, 4) is 11.5 Å². The summed E-state index contributed by atoms with van der Waals surface area (Å²) < 4.78 is 44.7. The first-order valence-corrected chi connectivity index (χ1v) is 10.4. The molecule has 0 heterocycles. The van der Waals surface area contributed by atoms with Gasteiger partial charge in [0.15, 0.2) is 0 Å². The molecule has 27 heavy (non-hydrogen) atoms. The van der Waals surface area contributed by atoms with E-state index in [1.165, 1.54) is 62.8 Å². The summed E-state index contributed by atoms with van der Waals surface area (Å²) in [4.78, 5) is 10.3. The normalized spacial score (nSPS) is 18.3. The molecule has 2 atom stereocenters. The minimum Gasteiger partial charge on any atom is -0.489 e. The maximum atomic E-state index is 11.9. The minimum atomic E-state index is -4.65. The predicted molar refractivity (Wildman–Crippen MR) is 104 cm³/mol. The van der Waals surface area contributed by atoms with E-state index in [0.717, 1.165) is 25.5 Å². The van der Waals surface area contributed by atoms with Crippen LogP contribution in [0.2, 0.25) is 0 Å². The van der Waals surface area contributed by atoms with Crippen LogP contribution in [0.15, 0.2) is 24.3 Å². The number of carbonyl (C=O) groups excluding carboxylic acids is 1. The zero-order chi connectivity index (χ0) is 20.1. The topological polar surface area (TPSA) is 35.5 Å². The third-order valence-corrected chi connectivity index (χ3v) is 4.89. The average molecular weight is 453 g/mol. The van der Waals surface area contributed by atoms with Gasteiger partial charge in [0.05, 0.1) is 4.83 Å². The van der Waals surface area contributed by atoms with Gasteiger partial charge in [-0.3, -0.25) is 0 Å². The number of ether oxygens (including phenoxy) is 2. The van der Waals surface area contributed by atoms with Crippen molar-refractivity contribution in [3.05, 3.63) is 24.3 Å². The summed E-state index contributed by atoms with van der Waals surface area (Å²) in [6, 6.07) is 5.38. The number of halogens is 4. The molecule has 0 spiro atoms. The van der Waals surface area contributed by atoms with Crippen LogP contribution in [-0.4, -0.2) is 23.6 Å². The van der Waals surface area contributed by atoms with Gasteiger partial charge in [-0.2, -0.15) is 0 Å². The number of aldehydes is 1. The molecule has 1 fully saturated rings. The third kappa shape index (κ3) is 12.7. The smallest absolute Gasteiger partial charge is 0.489 e. The van der Waals surface area contributed by atoms with Crippen molar-refractivity contribution in [1.82, 2.24) is 0 Å². The Hall–Kier alpha value is -1.24. The van der Waals surface area contributed by atoms with Gasteiger partial charge >= 0.3 is 6.36 Å². The van der Waals surface area contributed by atoms with Crippen molar-refractivity contribution in [2.75, 3.05) is 0 Å². The van der Waals surface area contributed by atoms with E-state index in [1.807, 2.05) is 0 Å². The van der Waals surface area contributed by atoms with Gasteiger partial charge in [-0.15, -0.1) is 13.2 Å². The fraction of sp³-hybridized carbons (Fsp3) is 0.650. The van der Waals surface area contributed by atoms with Gasteiger partial charge in [-0.1, -0.05) is 61.4 Å². The van der Waals surface area contributed by atoms with Gasteiger partial charge in [0.1, 0.15) is 23.9 Å². The van der Waals surface area contributed by atoms with Crippen molar-refractivity contribution >= 4 is 22.2 Å². The maximum Gasteiger partial charge on any atom is 0.573 e. The van der Waals surface area contributed by atoms with E-state index in [2.05, 4.69) is 27.6 Å². The number of alkyl halides is 4. The van der Waals surface area contributed by atoms with Crippen molar-refractivity contribution in [1.29, 1.82) is 0 Å². The monoisotopic (exact) mass is 452 g/mol. The van der Waals surface area contributed by atoms with Crippen LogP contribution >= 0.6 is 15.9 Å². The van der Waals surface area contributed by atoms with Crippen LogP contribution in [-0.2, 0) is 4.79 Å². The molecule has 1 aromatic carbocycles. The number of unbranched alkanes of at least 4 members (excludes halogenated alkanes) is 7. The number of carbonyl (C=O) groups is 1. The van der Waals surface area contributed by atoms with Crippen molar-refractivity contribution in [2.45, 2.75) is 82.0 Å². The molecule has 0 amide bonds. The molecule has 1 aliphatic rings. The molecule has 0 N–H and O–H groups in total. The summed E-state index contributed by atoms with van der Waals surface area (Å²) in [5, 5.41) is 0. The van der Waals surface area contributed by atoms with Crippen LogP contribution in [0, 0.1) is 0 Å². The molecule has 0 aromatic heterocycles. The number of rotatable bonds is 11. The molecule has 2 unspecified atom stereocenters. The quantitative estimate of drug-likeness (QED) is 0.209. The molecular weight excluding hydrogens is 425 g/mol. The highest BCUT2D eigenvalue weighted by atomic mass is 79.9. The second-order valence-electron chi connectivity index (χ2n) is 6.50. The predicted octanol–water partition coefficient (Wildman–Crippen LogP) is 6.83. The number of benzene rings is 1. The van der Waals surface area contributed by atoms with Crippen LogP contribution in [0.4, 0.5) is 13.2 Å². The molecule has 0 bridgehead atoms. The molecule has 2 rings (SSSR count). The number of hydrogen-bond acceptors (Lipinski definition) is 3. The standard InChI is InChI=1S/C10H8BrF3O2.C10H20O/c11-8-5-9(8)15-6-1-3-7(4-2-6)16-10(12,13)14;1-2-3-4-5-6-7-8-9-10-11/h1-4,8-9H,5H2;10H,2-9H2,1H3. The SMILES string of the molecule is CCCCCCCCCC=O.FC(F)(F)Oc1ccc(OC2CC2Br)cc1. The highest BCUT2D eigenvalue weighted by Crippen LogP contribution is 2.35. The molecule has 0 saturated heterocycles. The lowest BCUT2D eigenvalue weighted by Gasteiger charge is -2.09. The van der Waals surface area contributed by atoms with E-state index in [9.17, 15) is 18.0 Å². The lowest BCUT2D eigenvalue weighted by molar-refractivity contribution is -0.274. The fourth-order valence-electron chi connectivity index (χ4n) is 2.34. The summed E-state index contributed by atoms with van der Waals surface area (Å²) in [6.45, 7) is 2.23. The Morgan fingerprint density at radius 2 is 1.56 bits per heavy atom. The van der Waals surface area contributed by atoms with Crippen LogP contribution in [0.1, 0.15) is 64.7 Å². The summed E-state index contributed by atoms with van der Waals surface area (Å²) in [7, 11) is 0. The Morgan fingerprint density at radius 3 is 2.04 bits per heavy atom. The van der Waals surface area contributed by atoms with Crippen LogP contribution in [0.25, 0.3) is 0 Å². The Kier molecular flexibility index (Phi) is 11.5. The van der Waals surface area contributed by atoms with Crippen molar-refractivity contribution < 1.29 is 27.4 Å². The van der Waals surface area contributed by atoms with Crippen LogP contribution in [0.3, 0.4) is 0 Å². The van der Waals surface area contributed by atoms with E-state index in [4.69, 9.17) is 4.74 Å². The Balaban J connectivity index is 0.000000293. The second-order valence-corrected chi connectivity index (χ2v) is 7.68. The zero-order valence-corrected chi connectivity index (χ0v) is 17.2. The van der Waals surface area contributed by atoms with Crippen LogP contribution in [0.5, 0.6) is 11.5 Å². The van der Waals surface area contributed by atoms with Gasteiger partial charge in [0.25, 0.3) is 0 Å². The largest absolute Gasteiger partial charge is 0.573 e. The maximum absolute atomic E-state index is 11.9. The van der Waals surface area contributed by atoms with Gasteiger partial charge in [0, 0.05) is 12.8 Å². The van der Waals surface area contributed by atoms with Gasteiger partial charge in [-0.05, 0) is 30.7 Å². The Labute approximate surface area is 167 Å². The summed E-state index contributed by atoms with van der Waals surface area (Å²) in [5.74, 6) is 0.299. The minimum absolute atomic E-state index is 0.120. The van der Waals surface area contributed by atoms with Gasteiger partial charge in [0.2, 0.25) is 0 Å². The molecule has 154 valence electrons. The molecule has 1 aliphatic carbocycles. The molecule has 7 heteroatoms. The van der Waals surface area contributed by atoms with Crippen molar-refractivity contribution in [2.24, 2.45) is 0 Å². The molecule has 1 saturated carbocycles. The highest BCUT2D eigenvalue weighted by Gasteiger charge is 2.37. The van der Waals surface area contributed by atoms with Gasteiger partial charge in [-0.25, -0.2) is 0 Å². The van der Waals surface area contributed by atoms with Gasteiger partial charge < -0.3 is 14.3 Å². The van der Waals surface area contributed by atoms with E-state index < -0.39 is 6.36 Å². The first-order valence-electron chi connectivity index (χ1n) is 9.46. The lowest BCUT2D eigenvalue weighted by Crippen LogP contribution is -2.17. The summed E-state index contributed by atoms with van der Waals surface area (Å²) in [5.41, 5.74) is 0. The molecule has 1 aromatic rings. The molecule has 0 radical (unpaired) electrons. The highest BCUT2D eigenvalue weighted by molar-refractivity contribution is 9.09. The van der Waals surface area contributed by atoms with Crippen molar-refractivity contribution in [3.63, 3.8) is 0 Å².